The Labute approximate surface area is 236 Å². The fourth-order valence-corrected chi connectivity index (χ4v) is 4.64. The third kappa shape index (κ3) is 7.35. The molecule has 194 valence electrons. The van der Waals surface area contributed by atoms with Gasteiger partial charge in [0.15, 0.2) is 0 Å². The number of hydrogen-bond acceptors (Lipinski definition) is 2. The molecule has 0 aliphatic carbocycles. The van der Waals surface area contributed by atoms with E-state index in [0.717, 1.165) is 5.56 Å². The number of nitrogens with one attached hydrogen (secondary N) is 1. The van der Waals surface area contributed by atoms with Crippen molar-refractivity contribution in [3.63, 3.8) is 0 Å². The van der Waals surface area contributed by atoms with Crippen molar-refractivity contribution in [1.82, 2.24) is 10.2 Å². The Morgan fingerprint density at radius 1 is 0.789 bits per heavy atom. The van der Waals surface area contributed by atoms with Gasteiger partial charge >= 0.3 is 0 Å². The molecule has 0 saturated heterocycles. The molecule has 0 saturated carbocycles. The van der Waals surface area contributed by atoms with Gasteiger partial charge in [-0.2, -0.15) is 0 Å². The second-order valence-corrected chi connectivity index (χ2v) is 10.00. The van der Waals surface area contributed by atoms with Gasteiger partial charge in [0.25, 0.3) is 0 Å². The van der Waals surface area contributed by atoms with Crippen LogP contribution in [0.1, 0.15) is 28.3 Å². The summed E-state index contributed by atoms with van der Waals surface area (Å²) in [5.41, 5.74) is 2.77. The summed E-state index contributed by atoms with van der Waals surface area (Å²) in [5.74, 6) is -1.04. The van der Waals surface area contributed by atoms with E-state index < -0.39 is 6.04 Å². The minimum Gasteiger partial charge on any atom is -0.350 e. The van der Waals surface area contributed by atoms with Crippen molar-refractivity contribution in [3.05, 3.63) is 140 Å². The van der Waals surface area contributed by atoms with E-state index in [4.69, 9.17) is 34.8 Å². The monoisotopic (exact) mass is 568 g/mol. The molecule has 2 amide bonds. The summed E-state index contributed by atoms with van der Waals surface area (Å²) in [7, 11) is 0. The van der Waals surface area contributed by atoms with Crippen molar-refractivity contribution in [3.8, 4) is 0 Å². The molecule has 4 aromatic rings. The van der Waals surface area contributed by atoms with Crippen molar-refractivity contribution in [2.75, 3.05) is 0 Å². The molecule has 1 N–H and O–H groups in total. The van der Waals surface area contributed by atoms with Crippen molar-refractivity contribution >= 4 is 46.6 Å². The Balaban J connectivity index is 1.67. The largest absolute Gasteiger partial charge is 0.350 e. The summed E-state index contributed by atoms with van der Waals surface area (Å²) in [6.07, 6.45) is 0.0536. The first-order valence-corrected chi connectivity index (χ1v) is 13.0. The summed E-state index contributed by atoms with van der Waals surface area (Å²) in [6, 6.07) is 26.0. The summed E-state index contributed by atoms with van der Waals surface area (Å²) in [5, 5.41) is 4.40. The van der Waals surface area contributed by atoms with E-state index in [1.54, 1.807) is 66.7 Å². The third-order valence-corrected chi connectivity index (χ3v) is 6.84. The van der Waals surface area contributed by atoms with Gasteiger partial charge in [0, 0.05) is 28.2 Å². The highest BCUT2D eigenvalue weighted by molar-refractivity contribution is 6.35. The van der Waals surface area contributed by atoms with Crippen molar-refractivity contribution in [2.45, 2.75) is 25.6 Å². The molecule has 1 atom stereocenters. The number of carbonyl (C=O) groups is 2. The molecule has 0 radical (unpaired) electrons. The van der Waals surface area contributed by atoms with E-state index in [-0.39, 0.29) is 37.1 Å². The first-order chi connectivity index (χ1) is 18.3. The van der Waals surface area contributed by atoms with Gasteiger partial charge in [0.2, 0.25) is 11.8 Å². The van der Waals surface area contributed by atoms with Crippen LogP contribution in [0.5, 0.6) is 0 Å². The van der Waals surface area contributed by atoms with E-state index in [1.807, 2.05) is 18.2 Å². The van der Waals surface area contributed by atoms with Crippen LogP contribution in [-0.2, 0) is 29.1 Å². The Hall–Kier alpha value is -3.38. The Morgan fingerprint density at radius 3 is 2.08 bits per heavy atom. The lowest BCUT2D eigenvalue weighted by Gasteiger charge is -2.32. The average Bonchev–Trinajstić information content (AvgIpc) is 2.91. The maximum absolute atomic E-state index is 13.8. The molecule has 0 unspecified atom stereocenters. The molecule has 8 heteroatoms. The van der Waals surface area contributed by atoms with E-state index in [0.29, 0.717) is 31.8 Å². The van der Waals surface area contributed by atoms with Crippen molar-refractivity contribution < 1.29 is 14.0 Å². The second-order valence-electron chi connectivity index (χ2n) is 8.72. The molecular formula is C30H24Cl3FN2O2. The standard InChI is InChI=1S/C30H24Cl3FN2O2/c31-24-11-6-20(7-12-24)16-28(37)36(19-21-8-14-26(34)15-9-21)29(22-4-2-1-3-5-22)30(38)35-18-23-10-13-25(32)17-27(23)33/h1-15,17,29H,16,18-19H2,(H,35,38)/t29-/m1/s1. The quantitative estimate of drug-likeness (QED) is 0.228. The van der Waals surface area contributed by atoms with Crippen LogP contribution in [0, 0.1) is 5.82 Å². The lowest BCUT2D eigenvalue weighted by molar-refractivity contribution is -0.141. The Bertz CT molecular complexity index is 1400. The van der Waals surface area contributed by atoms with Gasteiger partial charge in [0.1, 0.15) is 11.9 Å². The predicted octanol–water partition coefficient (Wildman–Crippen LogP) is 7.41. The first-order valence-electron chi connectivity index (χ1n) is 11.8. The van der Waals surface area contributed by atoms with Crippen LogP contribution in [0.3, 0.4) is 0 Å². The van der Waals surface area contributed by atoms with E-state index in [2.05, 4.69) is 5.32 Å². The molecule has 4 rings (SSSR count). The van der Waals surface area contributed by atoms with Gasteiger partial charge in [-0.15, -0.1) is 0 Å². The highest BCUT2D eigenvalue weighted by Gasteiger charge is 2.31. The zero-order valence-corrected chi connectivity index (χ0v) is 22.5. The van der Waals surface area contributed by atoms with Crippen LogP contribution >= 0.6 is 34.8 Å². The van der Waals surface area contributed by atoms with Crippen LogP contribution in [0.25, 0.3) is 0 Å². The topological polar surface area (TPSA) is 49.4 Å². The second kappa shape index (κ2) is 12.9. The zero-order chi connectivity index (χ0) is 27.1. The van der Waals surface area contributed by atoms with Gasteiger partial charge in [-0.1, -0.05) is 95.5 Å². The smallest absolute Gasteiger partial charge is 0.247 e. The molecule has 4 aromatic carbocycles. The lowest BCUT2D eigenvalue weighted by Crippen LogP contribution is -2.43. The number of nitrogens with zero attached hydrogens (tertiary/aromatic N) is 1. The van der Waals surface area contributed by atoms with Gasteiger partial charge in [0.05, 0.1) is 6.42 Å². The number of rotatable bonds is 9. The number of carbonyl (C=O) groups excluding carboxylic acids is 2. The molecule has 0 spiro atoms. The molecule has 4 nitrogen and oxygen atoms in total. The highest BCUT2D eigenvalue weighted by atomic mass is 35.5. The zero-order valence-electron chi connectivity index (χ0n) is 20.2. The van der Waals surface area contributed by atoms with Crippen LogP contribution in [-0.4, -0.2) is 16.7 Å². The minimum atomic E-state index is -0.952. The lowest BCUT2D eigenvalue weighted by atomic mass is 10.0. The maximum Gasteiger partial charge on any atom is 0.247 e. The third-order valence-electron chi connectivity index (χ3n) is 6.00. The molecule has 0 aliphatic rings. The van der Waals surface area contributed by atoms with E-state index in [9.17, 15) is 14.0 Å². The van der Waals surface area contributed by atoms with Gasteiger partial charge in [-0.05, 0) is 58.7 Å². The first kappa shape index (κ1) is 27.6. The van der Waals surface area contributed by atoms with Gasteiger partial charge < -0.3 is 10.2 Å². The van der Waals surface area contributed by atoms with E-state index in [1.165, 1.54) is 17.0 Å². The molecule has 38 heavy (non-hydrogen) atoms. The Kier molecular flexibility index (Phi) is 9.40. The summed E-state index contributed by atoms with van der Waals surface area (Å²) in [4.78, 5) is 29.0. The number of benzene rings is 4. The van der Waals surface area contributed by atoms with Gasteiger partial charge in [-0.25, -0.2) is 4.39 Å². The minimum absolute atomic E-state index is 0.0536. The normalized spacial score (nSPS) is 11.6. The summed E-state index contributed by atoms with van der Waals surface area (Å²) in [6.45, 7) is 0.245. The molecular weight excluding hydrogens is 546 g/mol. The van der Waals surface area contributed by atoms with Crippen LogP contribution in [0.4, 0.5) is 4.39 Å². The van der Waals surface area contributed by atoms with Crippen LogP contribution in [0.15, 0.2) is 97.1 Å². The predicted molar refractivity (Wildman–Crippen MR) is 150 cm³/mol. The number of halogens is 4. The fraction of sp³-hybridized carbons (Fsp3) is 0.133. The molecule has 0 aromatic heterocycles. The molecule has 0 fully saturated rings. The van der Waals surface area contributed by atoms with Crippen LogP contribution < -0.4 is 5.32 Å². The van der Waals surface area contributed by atoms with Gasteiger partial charge in [-0.3, -0.25) is 9.59 Å². The maximum atomic E-state index is 13.8. The van der Waals surface area contributed by atoms with Crippen LogP contribution in [0.2, 0.25) is 15.1 Å². The molecule has 0 bridgehead atoms. The number of amides is 2. The summed E-state index contributed by atoms with van der Waals surface area (Å²) < 4.78 is 13.6. The number of hydrogen-bond donors (Lipinski definition) is 1. The highest BCUT2D eigenvalue weighted by Crippen LogP contribution is 2.26. The SMILES string of the molecule is O=C(NCc1ccc(Cl)cc1Cl)[C@@H](c1ccccc1)N(Cc1ccc(F)cc1)C(=O)Cc1ccc(Cl)cc1. The van der Waals surface area contributed by atoms with Crippen molar-refractivity contribution in [2.24, 2.45) is 0 Å². The average molecular weight is 570 g/mol. The molecule has 0 aliphatic heterocycles. The molecule has 0 heterocycles. The Morgan fingerprint density at radius 2 is 1.42 bits per heavy atom. The van der Waals surface area contributed by atoms with Crippen molar-refractivity contribution in [1.29, 1.82) is 0 Å². The van der Waals surface area contributed by atoms with E-state index >= 15 is 0 Å². The summed E-state index contributed by atoms with van der Waals surface area (Å²) >= 11 is 18.3. The fourth-order valence-electron chi connectivity index (χ4n) is 4.04.